The van der Waals surface area contributed by atoms with Gasteiger partial charge in [0.15, 0.2) is 0 Å². The van der Waals surface area contributed by atoms with E-state index < -0.39 is 0 Å². The minimum Gasteiger partial charge on any atom is -0.303 e. The van der Waals surface area contributed by atoms with Gasteiger partial charge in [-0.3, -0.25) is 4.90 Å². The monoisotopic (exact) mass is 246 g/mol. The topological polar surface area (TPSA) is 44.1 Å². The first-order chi connectivity index (χ1) is 8.71. The Balaban J connectivity index is 2.07. The molecule has 1 aliphatic rings. The second-order valence-electron chi connectivity index (χ2n) is 4.73. The minimum absolute atomic E-state index is 0.0859. The molecule has 1 unspecified atom stereocenters. The van der Waals surface area contributed by atoms with Gasteiger partial charge in [0, 0.05) is 19.0 Å². The molecular formula is C14H15FN2O. The highest BCUT2D eigenvalue weighted by atomic mass is 19.1. The van der Waals surface area contributed by atoms with Crippen molar-refractivity contribution in [2.45, 2.75) is 19.4 Å². The number of hydrogen-bond acceptors (Lipinski definition) is 3. The summed E-state index contributed by atoms with van der Waals surface area (Å²) < 4.78 is 13.3. The van der Waals surface area contributed by atoms with Crippen LogP contribution in [-0.4, -0.2) is 24.3 Å². The van der Waals surface area contributed by atoms with Crippen molar-refractivity contribution < 1.29 is 9.18 Å². The molecule has 18 heavy (non-hydrogen) atoms. The van der Waals surface area contributed by atoms with Gasteiger partial charge in [0.05, 0.1) is 11.6 Å². The third-order valence-corrected chi connectivity index (χ3v) is 3.23. The Labute approximate surface area is 106 Å². The third-order valence-electron chi connectivity index (χ3n) is 3.23. The summed E-state index contributed by atoms with van der Waals surface area (Å²) in [6.07, 6.45) is 2.93. The van der Waals surface area contributed by atoms with Crippen LogP contribution in [0.25, 0.3) is 0 Å². The van der Waals surface area contributed by atoms with E-state index in [0.717, 1.165) is 37.8 Å². The molecule has 1 saturated heterocycles. The molecule has 1 atom stereocenters. The van der Waals surface area contributed by atoms with Gasteiger partial charge in [-0.25, -0.2) is 4.39 Å². The summed E-state index contributed by atoms with van der Waals surface area (Å²) in [6.45, 7) is 2.24. The van der Waals surface area contributed by atoms with Gasteiger partial charge in [0.25, 0.3) is 0 Å². The van der Waals surface area contributed by atoms with E-state index in [2.05, 4.69) is 4.90 Å². The average Bonchev–Trinajstić information content (AvgIpc) is 2.38. The van der Waals surface area contributed by atoms with E-state index in [1.165, 1.54) is 12.1 Å². The van der Waals surface area contributed by atoms with Crippen LogP contribution in [0, 0.1) is 23.1 Å². The molecule has 0 amide bonds. The molecule has 4 heteroatoms. The van der Waals surface area contributed by atoms with Gasteiger partial charge in [-0.2, -0.15) is 5.26 Å². The predicted molar refractivity (Wildman–Crippen MR) is 65.2 cm³/mol. The maximum absolute atomic E-state index is 13.3. The second-order valence-corrected chi connectivity index (χ2v) is 4.73. The highest BCUT2D eigenvalue weighted by Gasteiger charge is 2.19. The first-order valence-electron chi connectivity index (χ1n) is 6.08. The molecule has 3 nitrogen and oxygen atoms in total. The zero-order valence-electron chi connectivity index (χ0n) is 10.1. The van der Waals surface area contributed by atoms with Crippen molar-refractivity contribution in [2.75, 3.05) is 13.1 Å². The molecule has 0 aromatic heterocycles. The van der Waals surface area contributed by atoms with Crippen LogP contribution >= 0.6 is 0 Å². The molecule has 1 heterocycles. The second kappa shape index (κ2) is 5.74. The van der Waals surface area contributed by atoms with Gasteiger partial charge in [0.2, 0.25) is 0 Å². The molecule has 1 aromatic carbocycles. The van der Waals surface area contributed by atoms with Crippen molar-refractivity contribution in [3.63, 3.8) is 0 Å². The van der Waals surface area contributed by atoms with Crippen molar-refractivity contribution >= 4 is 6.29 Å². The van der Waals surface area contributed by atoms with E-state index >= 15 is 0 Å². The first kappa shape index (κ1) is 12.7. The van der Waals surface area contributed by atoms with Crippen LogP contribution in [0.5, 0.6) is 0 Å². The molecule has 0 saturated carbocycles. The van der Waals surface area contributed by atoms with Crippen LogP contribution < -0.4 is 0 Å². The summed E-state index contributed by atoms with van der Waals surface area (Å²) in [5.41, 5.74) is 1.13. The highest BCUT2D eigenvalue weighted by Crippen LogP contribution is 2.18. The number of hydrogen-bond donors (Lipinski definition) is 0. The van der Waals surface area contributed by atoms with Crippen molar-refractivity contribution in [1.82, 2.24) is 4.90 Å². The number of halogens is 1. The molecule has 1 fully saturated rings. The smallest absolute Gasteiger partial charge is 0.124 e. The summed E-state index contributed by atoms with van der Waals surface area (Å²) in [4.78, 5) is 12.9. The number of nitriles is 1. The number of rotatable bonds is 3. The molecule has 94 valence electrons. The Morgan fingerprint density at radius 3 is 3.06 bits per heavy atom. The number of nitrogens with zero attached hydrogens (tertiary/aromatic N) is 2. The summed E-state index contributed by atoms with van der Waals surface area (Å²) in [5.74, 6) is -0.296. The zero-order valence-corrected chi connectivity index (χ0v) is 10.1. The number of piperidine rings is 1. The first-order valence-corrected chi connectivity index (χ1v) is 6.08. The normalized spacial score (nSPS) is 20.3. The van der Waals surface area contributed by atoms with E-state index in [9.17, 15) is 9.18 Å². The Morgan fingerprint density at radius 1 is 1.50 bits per heavy atom. The minimum atomic E-state index is -0.381. The van der Waals surface area contributed by atoms with Crippen LogP contribution in [0.4, 0.5) is 4.39 Å². The summed E-state index contributed by atoms with van der Waals surface area (Å²) >= 11 is 0. The Kier molecular flexibility index (Phi) is 4.06. The van der Waals surface area contributed by atoms with Crippen LogP contribution in [0.3, 0.4) is 0 Å². The largest absolute Gasteiger partial charge is 0.303 e. The van der Waals surface area contributed by atoms with Gasteiger partial charge in [-0.15, -0.1) is 0 Å². The van der Waals surface area contributed by atoms with Crippen molar-refractivity contribution in [3.8, 4) is 6.07 Å². The number of likely N-dealkylation sites (tertiary alicyclic amines) is 1. The van der Waals surface area contributed by atoms with Crippen LogP contribution in [-0.2, 0) is 11.3 Å². The highest BCUT2D eigenvalue weighted by molar-refractivity contribution is 5.53. The number of carbonyl (C=O) groups is 1. The molecule has 1 aromatic rings. The Morgan fingerprint density at radius 2 is 2.33 bits per heavy atom. The Bertz CT molecular complexity index is 481. The fourth-order valence-corrected chi connectivity index (χ4v) is 2.41. The van der Waals surface area contributed by atoms with Crippen LogP contribution in [0.1, 0.15) is 24.0 Å². The third kappa shape index (κ3) is 3.14. The molecule has 0 radical (unpaired) electrons. The molecule has 2 rings (SSSR count). The van der Waals surface area contributed by atoms with Crippen molar-refractivity contribution in [2.24, 2.45) is 5.92 Å². The average molecular weight is 246 g/mol. The quantitative estimate of drug-likeness (QED) is 0.767. The molecule has 0 aliphatic carbocycles. The van der Waals surface area contributed by atoms with E-state index in [0.29, 0.717) is 12.1 Å². The van der Waals surface area contributed by atoms with E-state index in [1.54, 1.807) is 6.07 Å². The molecule has 0 spiro atoms. The lowest BCUT2D eigenvalue weighted by Gasteiger charge is -2.30. The van der Waals surface area contributed by atoms with Gasteiger partial charge in [-0.1, -0.05) is 0 Å². The molecule has 1 aliphatic heterocycles. The molecular weight excluding hydrogens is 231 g/mol. The lowest BCUT2D eigenvalue weighted by Crippen LogP contribution is -2.35. The van der Waals surface area contributed by atoms with Crippen LogP contribution in [0.2, 0.25) is 0 Å². The number of benzene rings is 1. The van der Waals surface area contributed by atoms with E-state index in [1.807, 2.05) is 6.07 Å². The SMILES string of the molecule is N#Cc1cc(F)cc(CN2CCCC(C=O)C2)c1. The predicted octanol–water partition coefficient (Wildman–Crippen LogP) is 2.11. The van der Waals surface area contributed by atoms with E-state index in [-0.39, 0.29) is 11.7 Å². The number of carbonyl (C=O) groups excluding carboxylic acids is 1. The molecule has 0 N–H and O–H groups in total. The lowest BCUT2D eigenvalue weighted by molar-refractivity contribution is -0.112. The summed E-state index contributed by atoms with van der Waals surface area (Å²) in [5, 5.41) is 8.80. The van der Waals surface area contributed by atoms with Crippen LogP contribution in [0.15, 0.2) is 18.2 Å². The molecule has 0 bridgehead atoms. The van der Waals surface area contributed by atoms with Gasteiger partial charge < -0.3 is 4.79 Å². The van der Waals surface area contributed by atoms with Crippen molar-refractivity contribution in [3.05, 3.63) is 35.1 Å². The summed E-state index contributed by atoms with van der Waals surface area (Å²) in [6, 6.07) is 6.33. The lowest BCUT2D eigenvalue weighted by atomic mass is 9.99. The maximum atomic E-state index is 13.3. The Hall–Kier alpha value is -1.73. The fraction of sp³-hybridized carbons (Fsp3) is 0.429. The standard InChI is InChI=1S/C14H15FN2O/c15-14-5-12(7-16)4-13(6-14)9-17-3-1-2-11(8-17)10-18/h4-6,10-11H,1-3,8-9H2. The summed E-state index contributed by atoms with van der Waals surface area (Å²) in [7, 11) is 0. The maximum Gasteiger partial charge on any atom is 0.124 e. The van der Waals surface area contributed by atoms with Gasteiger partial charge in [0.1, 0.15) is 12.1 Å². The number of aldehydes is 1. The zero-order chi connectivity index (χ0) is 13.0. The fourth-order valence-electron chi connectivity index (χ4n) is 2.41. The van der Waals surface area contributed by atoms with Crippen molar-refractivity contribution in [1.29, 1.82) is 5.26 Å². The van der Waals surface area contributed by atoms with E-state index in [4.69, 9.17) is 5.26 Å². The van der Waals surface area contributed by atoms with Gasteiger partial charge >= 0.3 is 0 Å². The van der Waals surface area contributed by atoms with Gasteiger partial charge in [-0.05, 0) is 43.1 Å².